The summed E-state index contributed by atoms with van der Waals surface area (Å²) in [7, 11) is 0. The van der Waals surface area contributed by atoms with Gasteiger partial charge in [-0.25, -0.2) is 0 Å². The standard InChI is InChI=1S/C17H29N/c1-3-4-5-6-14-7-8-16-12-17(2,13-18)10-9-15(16)11-14/h14-16H,3-12H2,1-2H3. The van der Waals surface area contributed by atoms with Gasteiger partial charge in [0, 0.05) is 0 Å². The highest BCUT2D eigenvalue weighted by atomic mass is 14.5. The molecule has 0 radical (unpaired) electrons. The van der Waals surface area contributed by atoms with Gasteiger partial charge in [-0.1, -0.05) is 39.0 Å². The van der Waals surface area contributed by atoms with Gasteiger partial charge in [-0.2, -0.15) is 5.26 Å². The first-order valence-corrected chi connectivity index (χ1v) is 8.08. The maximum Gasteiger partial charge on any atom is 0.0686 e. The summed E-state index contributed by atoms with van der Waals surface area (Å²) in [5.41, 5.74) is -0.00376. The van der Waals surface area contributed by atoms with Gasteiger partial charge < -0.3 is 0 Å². The molecule has 2 fully saturated rings. The molecule has 0 N–H and O–H groups in total. The summed E-state index contributed by atoms with van der Waals surface area (Å²) in [6.07, 6.45) is 13.6. The Morgan fingerprint density at radius 3 is 2.72 bits per heavy atom. The van der Waals surface area contributed by atoms with Gasteiger partial charge in [-0.15, -0.1) is 0 Å². The third-order valence-corrected chi connectivity index (χ3v) is 5.51. The summed E-state index contributed by atoms with van der Waals surface area (Å²) >= 11 is 0. The Morgan fingerprint density at radius 1 is 1.17 bits per heavy atom. The summed E-state index contributed by atoms with van der Waals surface area (Å²) in [5, 5.41) is 9.29. The summed E-state index contributed by atoms with van der Waals surface area (Å²) in [6.45, 7) is 4.47. The minimum Gasteiger partial charge on any atom is -0.198 e. The fourth-order valence-electron chi connectivity index (χ4n) is 4.28. The Bertz CT molecular complexity index is 303. The van der Waals surface area contributed by atoms with Crippen LogP contribution in [-0.2, 0) is 0 Å². The molecule has 4 atom stereocenters. The van der Waals surface area contributed by atoms with E-state index in [1.807, 2.05) is 0 Å². The Balaban J connectivity index is 1.81. The Kier molecular flexibility index (Phi) is 4.71. The van der Waals surface area contributed by atoms with Crippen LogP contribution in [-0.4, -0.2) is 0 Å². The highest BCUT2D eigenvalue weighted by Gasteiger charge is 2.40. The molecule has 4 unspecified atom stereocenters. The first-order chi connectivity index (χ1) is 8.67. The Hall–Kier alpha value is -0.510. The van der Waals surface area contributed by atoms with Crippen molar-refractivity contribution in [2.24, 2.45) is 23.2 Å². The zero-order valence-electron chi connectivity index (χ0n) is 12.3. The van der Waals surface area contributed by atoms with Crippen LogP contribution in [0.25, 0.3) is 0 Å². The van der Waals surface area contributed by atoms with Crippen molar-refractivity contribution < 1.29 is 0 Å². The molecule has 1 heteroatoms. The van der Waals surface area contributed by atoms with Gasteiger partial charge in [0.05, 0.1) is 11.5 Å². The quantitative estimate of drug-likeness (QED) is 0.617. The maximum atomic E-state index is 9.29. The van der Waals surface area contributed by atoms with E-state index in [1.54, 1.807) is 0 Å². The van der Waals surface area contributed by atoms with Gasteiger partial charge in [0.1, 0.15) is 0 Å². The van der Waals surface area contributed by atoms with E-state index in [0.29, 0.717) is 0 Å². The molecule has 2 rings (SSSR count). The molecule has 0 spiro atoms. The highest BCUT2D eigenvalue weighted by molar-refractivity contribution is 5.01. The number of nitrogens with zero attached hydrogens (tertiary/aromatic N) is 1. The third kappa shape index (κ3) is 3.28. The van der Waals surface area contributed by atoms with Crippen LogP contribution in [0.5, 0.6) is 0 Å². The minimum absolute atomic E-state index is 0.00376. The molecule has 0 amide bonds. The predicted octanol–water partition coefficient (Wildman–Crippen LogP) is 5.31. The number of fused-ring (bicyclic) bond motifs is 1. The summed E-state index contributed by atoms with van der Waals surface area (Å²) in [5.74, 6) is 2.82. The van der Waals surface area contributed by atoms with Crippen LogP contribution in [0.15, 0.2) is 0 Å². The van der Waals surface area contributed by atoms with E-state index in [2.05, 4.69) is 19.9 Å². The Morgan fingerprint density at radius 2 is 2.00 bits per heavy atom. The maximum absolute atomic E-state index is 9.29. The summed E-state index contributed by atoms with van der Waals surface area (Å²) in [6, 6.07) is 2.57. The van der Waals surface area contributed by atoms with Crippen molar-refractivity contribution in [1.82, 2.24) is 0 Å². The zero-order valence-corrected chi connectivity index (χ0v) is 12.3. The van der Waals surface area contributed by atoms with Crippen LogP contribution >= 0.6 is 0 Å². The fourth-order valence-corrected chi connectivity index (χ4v) is 4.28. The zero-order chi connectivity index (χ0) is 13.0. The average Bonchev–Trinajstić information content (AvgIpc) is 2.39. The monoisotopic (exact) mass is 247 g/mol. The first-order valence-electron chi connectivity index (χ1n) is 8.08. The van der Waals surface area contributed by atoms with Gasteiger partial charge in [-0.05, 0) is 56.8 Å². The van der Waals surface area contributed by atoms with Crippen molar-refractivity contribution in [3.8, 4) is 6.07 Å². The van der Waals surface area contributed by atoms with Gasteiger partial charge in [0.25, 0.3) is 0 Å². The van der Waals surface area contributed by atoms with Gasteiger partial charge in [0.15, 0.2) is 0 Å². The largest absolute Gasteiger partial charge is 0.198 e. The molecule has 2 aliphatic rings. The molecule has 0 aromatic rings. The molecule has 1 nitrogen and oxygen atoms in total. The second kappa shape index (κ2) is 6.09. The van der Waals surface area contributed by atoms with E-state index in [4.69, 9.17) is 0 Å². The molecule has 0 aliphatic heterocycles. The van der Waals surface area contributed by atoms with E-state index in [1.165, 1.54) is 57.8 Å². The lowest BCUT2D eigenvalue weighted by Gasteiger charge is -2.44. The molecule has 0 saturated heterocycles. The lowest BCUT2D eigenvalue weighted by molar-refractivity contribution is 0.0749. The smallest absolute Gasteiger partial charge is 0.0686 e. The van der Waals surface area contributed by atoms with Crippen molar-refractivity contribution in [1.29, 1.82) is 5.26 Å². The highest BCUT2D eigenvalue weighted by Crippen LogP contribution is 2.49. The van der Waals surface area contributed by atoms with Crippen LogP contribution in [0, 0.1) is 34.5 Å². The van der Waals surface area contributed by atoms with Crippen molar-refractivity contribution in [2.75, 3.05) is 0 Å². The number of rotatable bonds is 4. The first kappa shape index (κ1) is 13.9. The lowest BCUT2D eigenvalue weighted by Crippen LogP contribution is -2.35. The molecule has 0 aromatic heterocycles. The molecule has 0 aromatic carbocycles. The molecule has 2 aliphatic carbocycles. The number of hydrogen-bond acceptors (Lipinski definition) is 1. The van der Waals surface area contributed by atoms with Crippen LogP contribution < -0.4 is 0 Å². The van der Waals surface area contributed by atoms with Crippen molar-refractivity contribution >= 4 is 0 Å². The Labute approximate surface area is 113 Å². The van der Waals surface area contributed by atoms with E-state index in [-0.39, 0.29) is 5.41 Å². The number of unbranched alkanes of at least 4 members (excludes halogenated alkanes) is 2. The van der Waals surface area contributed by atoms with E-state index in [9.17, 15) is 5.26 Å². The van der Waals surface area contributed by atoms with Crippen LogP contribution in [0.3, 0.4) is 0 Å². The van der Waals surface area contributed by atoms with E-state index in [0.717, 1.165) is 24.2 Å². The van der Waals surface area contributed by atoms with E-state index >= 15 is 0 Å². The number of nitriles is 1. The minimum atomic E-state index is -0.00376. The normalized spacial score (nSPS) is 39.9. The summed E-state index contributed by atoms with van der Waals surface area (Å²) in [4.78, 5) is 0. The second-order valence-electron chi connectivity index (χ2n) is 7.11. The lowest BCUT2D eigenvalue weighted by atomic mass is 9.60. The second-order valence-corrected chi connectivity index (χ2v) is 7.11. The average molecular weight is 247 g/mol. The van der Waals surface area contributed by atoms with Crippen molar-refractivity contribution in [3.05, 3.63) is 0 Å². The topological polar surface area (TPSA) is 23.8 Å². The van der Waals surface area contributed by atoms with Crippen molar-refractivity contribution in [3.63, 3.8) is 0 Å². The molecule has 18 heavy (non-hydrogen) atoms. The molecule has 102 valence electrons. The van der Waals surface area contributed by atoms with Crippen molar-refractivity contribution in [2.45, 2.75) is 78.1 Å². The molecular weight excluding hydrogens is 218 g/mol. The van der Waals surface area contributed by atoms with Crippen LogP contribution in [0.4, 0.5) is 0 Å². The van der Waals surface area contributed by atoms with Gasteiger partial charge in [0.2, 0.25) is 0 Å². The number of hydrogen-bond donors (Lipinski definition) is 0. The molecule has 0 heterocycles. The summed E-state index contributed by atoms with van der Waals surface area (Å²) < 4.78 is 0. The molecule has 2 saturated carbocycles. The van der Waals surface area contributed by atoms with Gasteiger partial charge >= 0.3 is 0 Å². The molecular formula is C17H29N. The predicted molar refractivity (Wildman–Crippen MR) is 76.0 cm³/mol. The van der Waals surface area contributed by atoms with Gasteiger partial charge in [-0.3, -0.25) is 0 Å². The third-order valence-electron chi connectivity index (χ3n) is 5.51. The van der Waals surface area contributed by atoms with Crippen LogP contribution in [0.2, 0.25) is 0 Å². The van der Waals surface area contributed by atoms with E-state index < -0.39 is 0 Å². The van der Waals surface area contributed by atoms with Crippen LogP contribution in [0.1, 0.15) is 78.1 Å². The SMILES string of the molecule is CCCCCC1CCC2CC(C)(C#N)CCC2C1. The fraction of sp³-hybridized carbons (Fsp3) is 0.941. The molecule has 0 bridgehead atoms.